The molecule has 0 amide bonds. The van der Waals surface area contributed by atoms with E-state index in [9.17, 15) is 0 Å². The van der Waals surface area contributed by atoms with E-state index in [1.54, 1.807) is 0 Å². The molecule has 0 aromatic heterocycles. The minimum atomic E-state index is 0.577. The zero-order chi connectivity index (χ0) is 9.64. The first-order valence-corrected chi connectivity index (χ1v) is 7.64. The molecule has 80 valence electrons. The lowest BCUT2D eigenvalue weighted by atomic mass is 10.2. The van der Waals surface area contributed by atoms with E-state index in [4.69, 9.17) is 0 Å². The lowest BCUT2D eigenvalue weighted by molar-refractivity contribution is 0.716. The van der Waals surface area contributed by atoms with Crippen LogP contribution in [-0.4, -0.2) is 11.1 Å². The molecule has 0 nitrogen and oxygen atoms in total. The molecule has 0 spiro atoms. The smallest absolute Gasteiger partial charge is 0.00795 e. The highest BCUT2D eigenvalue weighted by Crippen LogP contribution is 2.34. The molecule has 0 bridgehead atoms. The number of hydrogen-bond acceptors (Lipinski definition) is 0. The molecule has 1 heterocycles. The third-order valence-electron chi connectivity index (χ3n) is 3.22. The first-order valence-electron chi connectivity index (χ1n) is 6.19. The molecule has 14 heavy (non-hydrogen) atoms. The molecule has 1 atom stereocenters. The molecule has 1 unspecified atom stereocenters. The summed E-state index contributed by atoms with van der Waals surface area (Å²) in [6, 6.07) is 0. The van der Waals surface area contributed by atoms with E-state index in [-0.39, 0.29) is 0 Å². The largest absolute Gasteiger partial charge is 0.163 e. The Hall–Kier alpha value is -0.0400. The van der Waals surface area contributed by atoms with Crippen LogP contribution in [-0.2, 0) is 0 Å². The van der Waals surface area contributed by atoms with Crippen molar-refractivity contribution in [2.75, 3.05) is 5.75 Å². The number of hydrogen-bond donors (Lipinski definition) is 0. The topological polar surface area (TPSA) is 0 Å². The van der Waals surface area contributed by atoms with Crippen molar-refractivity contribution >= 4 is 15.9 Å². The van der Waals surface area contributed by atoms with Crippen molar-refractivity contribution in [3.63, 3.8) is 0 Å². The second-order valence-electron chi connectivity index (χ2n) is 4.42. The van der Waals surface area contributed by atoms with Crippen molar-refractivity contribution in [3.8, 4) is 0 Å². The first kappa shape index (κ1) is 10.5. The number of rotatable bonds is 1. The van der Waals surface area contributed by atoms with E-state index >= 15 is 0 Å². The maximum Gasteiger partial charge on any atom is -0.00795 e. The zero-order valence-electron chi connectivity index (χ0n) is 9.13. The van der Waals surface area contributed by atoms with Gasteiger partial charge in [0.05, 0.1) is 0 Å². The molecule has 1 aliphatic heterocycles. The van der Waals surface area contributed by atoms with E-state index in [0.29, 0.717) is 10.5 Å². The van der Waals surface area contributed by atoms with Gasteiger partial charge in [0.1, 0.15) is 0 Å². The summed E-state index contributed by atoms with van der Waals surface area (Å²) in [5.41, 5.74) is 0. The maximum absolute atomic E-state index is 2.63. The van der Waals surface area contributed by atoms with Gasteiger partial charge in [-0.1, -0.05) is 24.3 Å². The molecular weight excluding hydrogens is 188 g/mol. The summed E-state index contributed by atoms with van der Waals surface area (Å²) in [7, 11) is 0.577. The number of allylic oxidation sites excluding steroid dienone is 2. The minimum absolute atomic E-state index is 0.577. The van der Waals surface area contributed by atoms with Crippen molar-refractivity contribution in [1.29, 1.82) is 0 Å². The molecule has 1 aliphatic carbocycles. The molecule has 0 aromatic carbocycles. The van der Waals surface area contributed by atoms with E-state index < -0.39 is 0 Å². The minimum Gasteiger partial charge on any atom is -0.163 e. The SMILES string of the molecule is C1=C(S2=CCCCCC2)CCCCC1. The van der Waals surface area contributed by atoms with Crippen LogP contribution in [0, 0.1) is 0 Å². The van der Waals surface area contributed by atoms with Crippen molar-refractivity contribution in [3.05, 3.63) is 11.0 Å². The Kier molecular flexibility index (Phi) is 4.30. The summed E-state index contributed by atoms with van der Waals surface area (Å²) >= 11 is 0. The Morgan fingerprint density at radius 1 is 0.857 bits per heavy atom. The second-order valence-corrected chi connectivity index (χ2v) is 6.54. The molecule has 0 N–H and O–H groups in total. The van der Waals surface area contributed by atoms with Gasteiger partial charge in [-0.2, -0.15) is 10.5 Å². The fourth-order valence-electron chi connectivity index (χ4n) is 2.35. The summed E-state index contributed by atoms with van der Waals surface area (Å²) in [5, 5.41) is 2.63. The van der Waals surface area contributed by atoms with Crippen LogP contribution in [0.4, 0.5) is 0 Å². The summed E-state index contributed by atoms with van der Waals surface area (Å²) in [6.45, 7) is 0. The van der Waals surface area contributed by atoms with Crippen LogP contribution in [0.3, 0.4) is 0 Å². The van der Waals surface area contributed by atoms with Crippen molar-refractivity contribution < 1.29 is 0 Å². The van der Waals surface area contributed by atoms with Gasteiger partial charge in [-0.05, 0) is 55.6 Å². The predicted molar refractivity (Wildman–Crippen MR) is 68.2 cm³/mol. The lowest BCUT2D eigenvalue weighted by Gasteiger charge is -2.10. The van der Waals surface area contributed by atoms with Gasteiger partial charge in [0, 0.05) is 0 Å². The van der Waals surface area contributed by atoms with E-state index in [1.165, 1.54) is 63.5 Å². The quantitative estimate of drug-likeness (QED) is 0.560. The fourth-order valence-corrected chi connectivity index (χ4v) is 4.70. The molecule has 2 rings (SSSR count). The van der Waals surface area contributed by atoms with Crippen LogP contribution < -0.4 is 0 Å². The lowest BCUT2D eigenvalue weighted by Crippen LogP contribution is -1.86. The Morgan fingerprint density at radius 3 is 2.71 bits per heavy atom. The van der Waals surface area contributed by atoms with Gasteiger partial charge in [0.2, 0.25) is 0 Å². The molecule has 1 heteroatoms. The Morgan fingerprint density at radius 2 is 1.71 bits per heavy atom. The average molecular weight is 210 g/mol. The van der Waals surface area contributed by atoms with Gasteiger partial charge in [0.15, 0.2) is 0 Å². The van der Waals surface area contributed by atoms with Gasteiger partial charge in [-0.25, -0.2) is 0 Å². The van der Waals surface area contributed by atoms with Gasteiger partial charge in [0.25, 0.3) is 0 Å². The van der Waals surface area contributed by atoms with Crippen molar-refractivity contribution in [2.24, 2.45) is 0 Å². The summed E-state index contributed by atoms with van der Waals surface area (Å²) in [4.78, 5) is 1.81. The maximum atomic E-state index is 2.63. The molecule has 0 fully saturated rings. The Labute approximate surface area is 90.7 Å². The van der Waals surface area contributed by atoms with Gasteiger partial charge < -0.3 is 0 Å². The standard InChI is InChI=1S/C13H22S/c1-2-6-10-13(9-5-1)14-11-7-3-4-8-12-14/h9,11H,1-8,10,12H2. The highest BCUT2D eigenvalue weighted by atomic mass is 32.2. The van der Waals surface area contributed by atoms with Gasteiger partial charge in [-0.3, -0.25) is 0 Å². The summed E-state index contributed by atoms with van der Waals surface area (Å²) < 4.78 is 0. The molecule has 0 aromatic rings. The molecule has 0 saturated heterocycles. The molecule has 2 aliphatic rings. The molecule has 0 radical (unpaired) electrons. The van der Waals surface area contributed by atoms with Crippen LogP contribution >= 0.6 is 10.5 Å². The van der Waals surface area contributed by atoms with Crippen LogP contribution in [0.2, 0.25) is 0 Å². The predicted octanol–water partition coefficient (Wildman–Crippen LogP) is 4.48. The summed E-state index contributed by atoms with van der Waals surface area (Å²) in [6.07, 6.45) is 15.4. The van der Waals surface area contributed by atoms with Crippen LogP contribution in [0.1, 0.15) is 57.8 Å². The van der Waals surface area contributed by atoms with E-state index in [0.717, 1.165) is 0 Å². The molecule has 0 saturated carbocycles. The van der Waals surface area contributed by atoms with Crippen molar-refractivity contribution in [1.82, 2.24) is 0 Å². The Balaban J connectivity index is 2.03. The van der Waals surface area contributed by atoms with Crippen LogP contribution in [0.5, 0.6) is 0 Å². The zero-order valence-corrected chi connectivity index (χ0v) is 9.95. The first-order chi connectivity index (χ1) is 6.97. The Bertz CT molecular complexity index is 212. The second kappa shape index (κ2) is 5.75. The van der Waals surface area contributed by atoms with Crippen LogP contribution in [0.25, 0.3) is 0 Å². The van der Waals surface area contributed by atoms with Gasteiger partial charge in [-0.15, -0.1) is 0 Å². The monoisotopic (exact) mass is 210 g/mol. The third-order valence-corrected chi connectivity index (χ3v) is 5.63. The van der Waals surface area contributed by atoms with Gasteiger partial charge >= 0.3 is 0 Å². The fraction of sp³-hybridized carbons (Fsp3) is 0.769. The highest BCUT2D eigenvalue weighted by molar-refractivity contribution is 8.18. The molecular formula is C13H22S. The van der Waals surface area contributed by atoms with Crippen LogP contribution in [0.15, 0.2) is 11.0 Å². The normalized spacial score (nSPS) is 29.7. The van der Waals surface area contributed by atoms with E-state index in [2.05, 4.69) is 11.4 Å². The average Bonchev–Trinajstić information content (AvgIpc) is 2.62. The highest BCUT2D eigenvalue weighted by Gasteiger charge is 2.08. The summed E-state index contributed by atoms with van der Waals surface area (Å²) in [5.74, 6) is 1.46. The third kappa shape index (κ3) is 2.98. The van der Waals surface area contributed by atoms with E-state index in [1.807, 2.05) is 4.91 Å². The van der Waals surface area contributed by atoms with Crippen molar-refractivity contribution in [2.45, 2.75) is 57.8 Å².